The van der Waals surface area contributed by atoms with Crippen LogP contribution in [0.15, 0.2) is 23.2 Å². The van der Waals surface area contributed by atoms with Crippen LogP contribution >= 0.6 is 11.6 Å². The number of benzene rings is 1. The molecule has 0 saturated heterocycles. The largest absolute Gasteiger partial charge is 0.364 e. The second-order valence-corrected chi connectivity index (χ2v) is 8.95. The zero-order valence-corrected chi connectivity index (χ0v) is 15.9. The number of hydrogen-bond donors (Lipinski definition) is 1. The molecule has 5 nitrogen and oxygen atoms in total. The molecule has 138 valence electrons. The number of rotatable bonds is 6. The van der Waals surface area contributed by atoms with Gasteiger partial charge in [0.05, 0.1) is 22.7 Å². The van der Waals surface area contributed by atoms with Crippen molar-refractivity contribution < 1.29 is 17.5 Å². The Bertz CT molecular complexity index is 990. The van der Waals surface area contributed by atoms with Crippen molar-refractivity contribution in [2.75, 3.05) is 12.9 Å². The molecule has 1 N–H and O–H groups in total. The van der Waals surface area contributed by atoms with E-state index in [1.165, 1.54) is 18.2 Å². The number of aromatic nitrogens is 2. The molecule has 1 fully saturated rings. The highest BCUT2D eigenvalue weighted by Crippen LogP contribution is 2.46. The van der Waals surface area contributed by atoms with E-state index >= 15 is 0 Å². The lowest BCUT2D eigenvalue weighted by Gasteiger charge is -2.19. The molecular weight excluding hydrogens is 379 g/mol. The number of nitrogens with one attached hydrogen (secondary N) is 1. The van der Waals surface area contributed by atoms with Crippen molar-refractivity contribution >= 4 is 21.4 Å². The molecule has 1 aliphatic rings. The number of H-pyrrole nitrogens is 1. The smallest absolute Gasteiger partial charge is 0.194 e. The van der Waals surface area contributed by atoms with Crippen LogP contribution in [-0.2, 0) is 14.6 Å². The van der Waals surface area contributed by atoms with E-state index in [9.17, 15) is 12.8 Å². The van der Waals surface area contributed by atoms with Crippen molar-refractivity contribution in [3.63, 3.8) is 0 Å². The second-order valence-electron chi connectivity index (χ2n) is 6.61. The summed E-state index contributed by atoms with van der Waals surface area (Å²) in [5.41, 5.74) is 0.657. The summed E-state index contributed by atoms with van der Waals surface area (Å²) in [5, 5.41) is -0.104. The van der Waals surface area contributed by atoms with Crippen molar-refractivity contribution in [2.45, 2.75) is 30.9 Å². The minimum Gasteiger partial charge on any atom is -0.364 e. The van der Waals surface area contributed by atoms with Crippen LogP contribution in [-0.4, -0.2) is 31.2 Å². The lowest BCUT2D eigenvalue weighted by atomic mass is 10.1. The standard InChI is InChI=1S/C18H18ClFN2O3S/c1-4-18(7-8-18)10-25-15(12-5-6-14(20)13(19)9-12)16-21-11(2)17(22-16)26(3,23)24/h1,5-6,9,15H,7-8,10H2,2-3H3,(H,21,22). The van der Waals surface area contributed by atoms with Gasteiger partial charge in [-0.1, -0.05) is 23.6 Å². The molecule has 3 rings (SSSR count). The first kappa shape index (κ1) is 18.9. The van der Waals surface area contributed by atoms with Gasteiger partial charge in [0, 0.05) is 6.26 Å². The molecule has 1 saturated carbocycles. The monoisotopic (exact) mass is 396 g/mol. The maximum absolute atomic E-state index is 13.5. The highest BCUT2D eigenvalue weighted by atomic mass is 35.5. The molecule has 1 atom stereocenters. The van der Waals surface area contributed by atoms with E-state index in [4.69, 9.17) is 22.8 Å². The zero-order valence-electron chi connectivity index (χ0n) is 14.3. The third kappa shape index (κ3) is 3.78. The van der Waals surface area contributed by atoms with E-state index in [1.54, 1.807) is 6.92 Å². The number of aromatic amines is 1. The van der Waals surface area contributed by atoms with Crippen LogP contribution in [0, 0.1) is 30.5 Å². The maximum atomic E-state index is 13.5. The first-order chi connectivity index (χ1) is 12.1. The highest BCUT2D eigenvalue weighted by Gasteiger charge is 2.42. The predicted octanol–water partition coefficient (Wildman–Crippen LogP) is 3.43. The normalized spacial score (nSPS) is 16.9. The van der Waals surface area contributed by atoms with Crippen molar-refractivity contribution in [2.24, 2.45) is 5.41 Å². The molecule has 0 aliphatic heterocycles. The second kappa shape index (κ2) is 6.69. The van der Waals surface area contributed by atoms with Gasteiger partial charge in [-0.3, -0.25) is 0 Å². The molecule has 0 radical (unpaired) electrons. The van der Waals surface area contributed by atoms with Crippen LogP contribution in [0.2, 0.25) is 5.02 Å². The molecule has 1 heterocycles. The fourth-order valence-corrected chi connectivity index (χ4v) is 3.74. The van der Waals surface area contributed by atoms with E-state index in [-0.39, 0.29) is 22.1 Å². The Morgan fingerprint density at radius 2 is 2.19 bits per heavy atom. The fraction of sp³-hybridized carbons (Fsp3) is 0.389. The van der Waals surface area contributed by atoms with Crippen molar-refractivity contribution in [1.82, 2.24) is 9.97 Å². The summed E-state index contributed by atoms with van der Waals surface area (Å²) in [6.45, 7) is 1.91. The van der Waals surface area contributed by atoms with E-state index in [0.29, 0.717) is 17.1 Å². The van der Waals surface area contributed by atoms with Gasteiger partial charge < -0.3 is 9.72 Å². The molecule has 1 aromatic carbocycles. The molecule has 1 aliphatic carbocycles. The Hall–Kier alpha value is -1.88. The van der Waals surface area contributed by atoms with Gasteiger partial charge in [-0.05, 0) is 37.5 Å². The number of hydrogen-bond acceptors (Lipinski definition) is 4. The lowest BCUT2D eigenvalue weighted by molar-refractivity contribution is 0.0535. The van der Waals surface area contributed by atoms with Gasteiger partial charge in [0.2, 0.25) is 0 Å². The molecule has 0 bridgehead atoms. The molecule has 1 unspecified atom stereocenters. The Balaban J connectivity index is 2.00. The van der Waals surface area contributed by atoms with Crippen LogP contribution in [0.5, 0.6) is 0 Å². The number of ether oxygens (including phenoxy) is 1. The summed E-state index contributed by atoms with van der Waals surface area (Å²) < 4.78 is 43.3. The summed E-state index contributed by atoms with van der Waals surface area (Å²) in [4.78, 5) is 7.15. The summed E-state index contributed by atoms with van der Waals surface area (Å²) in [5.74, 6) is 2.49. The first-order valence-electron chi connectivity index (χ1n) is 7.96. The molecule has 1 aromatic heterocycles. The molecule has 2 aromatic rings. The average Bonchev–Trinajstić information content (AvgIpc) is 3.24. The molecular formula is C18H18ClFN2O3S. The quantitative estimate of drug-likeness (QED) is 0.759. The highest BCUT2D eigenvalue weighted by molar-refractivity contribution is 7.90. The minimum absolute atomic E-state index is 0.0487. The third-order valence-electron chi connectivity index (χ3n) is 4.39. The summed E-state index contributed by atoms with van der Waals surface area (Å²) in [6, 6.07) is 4.20. The van der Waals surface area contributed by atoms with Crippen molar-refractivity contribution in [1.29, 1.82) is 0 Å². The van der Waals surface area contributed by atoms with E-state index < -0.39 is 21.8 Å². The van der Waals surface area contributed by atoms with E-state index in [0.717, 1.165) is 19.1 Å². The Kier molecular flexibility index (Phi) is 4.86. The van der Waals surface area contributed by atoms with Crippen LogP contribution in [0.3, 0.4) is 0 Å². The summed E-state index contributed by atoms with van der Waals surface area (Å²) >= 11 is 5.89. The fourth-order valence-electron chi connectivity index (χ4n) is 2.68. The number of terminal acetylenes is 1. The lowest BCUT2D eigenvalue weighted by Crippen LogP contribution is -2.15. The van der Waals surface area contributed by atoms with Crippen molar-refractivity contribution in [3.05, 3.63) is 46.1 Å². The van der Waals surface area contributed by atoms with Gasteiger partial charge in [-0.2, -0.15) is 0 Å². The SMILES string of the molecule is C#CC1(COC(c2ccc(F)c(Cl)c2)c2nc(S(C)(=O)=O)c(C)[nH]2)CC1. The average molecular weight is 397 g/mol. The topological polar surface area (TPSA) is 72.0 Å². The molecule has 0 spiro atoms. The number of sulfone groups is 1. The number of nitrogens with zero attached hydrogens (tertiary/aromatic N) is 1. The molecule has 26 heavy (non-hydrogen) atoms. The molecule has 0 amide bonds. The third-order valence-corrected chi connectivity index (χ3v) is 5.78. The Morgan fingerprint density at radius 3 is 2.69 bits per heavy atom. The van der Waals surface area contributed by atoms with Crippen LogP contribution in [0.4, 0.5) is 4.39 Å². The van der Waals surface area contributed by atoms with Gasteiger partial charge in [-0.15, -0.1) is 6.42 Å². The van der Waals surface area contributed by atoms with Crippen LogP contribution < -0.4 is 0 Å². The van der Waals surface area contributed by atoms with Gasteiger partial charge in [-0.25, -0.2) is 17.8 Å². The van der Waals surface area contributed by atoms with Crippen LogP contribution in [0.1, 0.15) is 36.0 Å². The number of halogens is 2. The van der Waals surface area contributed by atoms with Gasteiger partial charge in [0.15, 0.2) is 14.9 Å². The van der Waals surface area contributed by atoms with Crippen molar-refractivity contribution in [3.8, 4) is 12.3 Å². The summed E-state index contributed by atoms with van der Waals surface area (Å²) in [7, 11) is -3.50. The van der Waals surface area contributed by atoms with E-state index in [1.807, 2.05) is 0 Å². The van der Waals surface area contributed by atoms with E-state index in [2.05, 4.69) is 15.9 Å². The van der Waals surface area contributed by atoms with Gasteiger partial charge in [0.25, 0.3) is 0 Å². The summed E-state index contributed by atoms with van der Waals surface area (Å²) in [6.07, 6.45) is 7.64. The molecule has 8 heteroatoms. The first-order valence-corrected chi connectivity index (χ1v) is 10.2. The minimum atomic E-state index is -3.50. The Morgan fingerprint density at radius 1 is 1.50 bits per heavy atom. The van der Waals surface area contributed by atoms with Gasteiger partial charge >= 0.3 is 0 Å². The zero-order chi connectivity index (χ0) is 19.1. The predicted molar refractivity (Wildman–Crippen MR) is 96.1 cm³/mol. The maximum Gasteiger partial charge on any atom is 0.194 e. The number of aryl methyl sites for hydroxylation is 1. The Labute approximate surface area is 156 Å². The van der Waals surface area contributed by atoms with Gasteiger partial charge in [0.1, 0.15) is 17.7 Å². The number of imidazole rings is 1. The van der Waals surface area contributed by atoms with Crippen LogP contribution in [0.25, 0.3) is 0 Å².